The molecular formula is C12H13NO3. The van der Waals surface area contributed by atoms with Gasteiger partial charge in [-0.05, 0) is 19.1 Å². The minimum absolute atomic E-state index is 0.0478. The smallest absolute Gasteiger partial charge is 0.338 e. The minimum atomic E-state index is -0.382. The Balaban J connectivity index is 1.95. The normalized spacial score (nSPS) is 20.6. The summed E-state index contributed by atoms with van der Waals surface area (Å²) < 4.78 is 5.21. The molecule has 1 amide bonds. The van der Waals surface area contributed by atoms with Crippen molar-refractivity contribution >= 4 is 11.9 Å². The van der Waals surface area contributed by atoms with Crippen LogP contribution in [0.15, 0.2) is 30.3 Å². The van der Waals surface area contributed by atoms with Gasteiger partial charge in [0.2, 0.25) is 5.91 Å². The van der Waals surface area contributed by atoms with Crippen LogP contribution < -0.4 is 5.32 Å². The van der Waals surface area contributed by atoms with Crippen LogP contribution in [0.2, 0.25) is 0 Å². The van der Waals surface area contributed by atoms with E-state index < -0.39 is 0 Å². The molecule has 1 aliphatic rings. The zero-order valence-corrected chi connectivity index (χ0v) is 8.97. The van der Waals surface area contributed by atoms with Crippen LogP contribution in [0.1, 0.15) is 17.3 Å². The van der Waals surface area contributed by atoms with E-state index in [4.69, 9.17) is 4.74 Å². The van der Waals surface area contributed by atoms with Crippen LogP contribution in [0.5, 0.6) is 0 Å². The Kier molecular flexibility index (Phi) is 2.90. The number of carbonyl (C=O) groups excluding carboxylic acids is 2. The SMILES string of the molecule is C[C@H](OC(=O)c1ccccc1)[C@@H]1CNC1=O. The molecule has 0 bridgehead atoms. The molecule has 1 aliphatic heterocycles. The van der Waals surface area contributed by atoms with E-state index >= 15 is 0 Å². The van der Waals surface area contributed by atoms with Gasteiger partial charge in [-0.3, -0.25) is 4.79 Å². The molecule has 16 heavy (non-hydrogen) atoms. The molecule has 0 spiro atoms. The summed E-state index contributed by atoms with van der Waals surface area (Å²) in [5, 5.41) is 2.62. The number of amides is 1. The van der Waals surface area contributed by atoms with Gasteiger partial charge in [0.25, 0.3) is 0 Å². The van der Waals surface area contributed by atoms with Crippen molar-refractivity contribution in [2.45, 2.75) is 13.0 Å². The Morgan fingerprint density at radius 3 is 2.62 bits per heavy atom. The molecule has 84 valence electrons. The predicted molar refractivity (Wildman–Crippen MR) is 57.8 cm³/mol. The van der Waals surface area contributed by atoms with E-state index in [1.54, 1.807) is 31.2 Å². The maximum absolute atomic E-state index is 11.7. The monoisotopic (exact) mass is 219 g/mol. The van der Waals surface area contributed by atoms with Crippen molar-refractivity contribution < 1.29 is 14.3 Å². The van der Waals surface area contributed by atoms with E-state index in [0.717, 1.165) is 0 Å². The van der Waals surface area contributed by atoms with Gasteiger partial charge in [0.1, 0.15) is 6.10 Å². The second kappa shape index (κ2) is 4.35. The number of benzene rings is 1. The van der Waals surface area contributed by atoms with E-state index in [9.17, 15) is 9.59 Å². The standard InChI is InChI=1S/C12H13NO3/c1-8(10-7-13-11(10)14)16-12(15)9-5-3-2-4-6-9/h2-6,8,10H,7H2,1H3,(H,13,14)/t8-,10-/m0/s1. The van der Waals surface area contributed by atoms with E-state index in [1.807, 2.05) is 6.07 Å². The maximum atomic E-state index is 11.7. The molecular weight excluding hydrogens is 206 g/mol. The summed E-state index contributed by atoms with van der Waals surface area (Å²) in [6, 6.07) is 8.76. The van der Waals surface area contributed by atoms with Crippen LogP contribution in [0.25, 0.3) is 0 Å². The fraction of sp³-hybridized carbons (Fsp3) is 0.333. The van der Waals surface area contributed by atoms with Crippen molar-refractivity contribution in [3.63, 3.8) is 0 Å². The highest BCUT2D eigenvalue weighted by Crippen LogP contribution is 2.15. The molecule has 2 atom stereocenters. The van der Waals surface area contributed by atoms with Gasteiger partial charge in [0.05, 0.1) is 11.5 Å². The fourth-order valence-electron chi connectivity index (χ4n) is 1.58. The Morgan fingerprint density at radius 1 is 1.44 bits per heavy atom. The third-order valence-corrected chi connectivity index (χ3v) is 2.70. The van der Waals surface area contributed by atoms with Crippen molar-refractivity contribution in [2.24, 2.45) is 5.92 Å². The predicted octanol–water partition coefficient (Wildman–Crippen LogP) is 0.978. The molecule has 0 saturated carbocycles. The Bertz CT molecular complexity index is 402. The van der Waals surface area contributed by atoms with Crippen LogP contribution in [0.4, 0.5) is 0 Å². The molecule has 1 heterocycles. The second-order valence-electron chi connectivity index (χ2n) is 3.83. The Labute approximate surface area is 93.6 Å². The lowest BCUT2D eigenvalue weighted by Gasteiger charge is -2.30. The van der Waals surface area contributed by atoms with Gasteiger partial charge in [0, 0.05) is 6.54 Å². The minimum Gasteiger partial charge on any atom is -0.458 e. The third-order valence-electron chi connectivity index (χ3n) is 2.70. The fourth-order valence-corrected chi connectivity index (χ4v) is 1.58. The van der Waals surface area contributed by atoms with Crippen LogP contribution in [-0.4, -0.2) is 24.5 Å². The third kappa shape index (κ3) is 2.05. The number of rotatable bonds is 3. The molecule has 1 aromatic carbocycles. The van der Waals surface area contributed by atoms with E-state index in [2.05, 4.69) is 5.32 Å². The largest absolute Gasteiger partial charge is 0.458 e. The molecule has 1 saturated heterocycles. The number of β-lactam (4-membered cyclic amide) rings is 1. The van der Waals surface area contributed by atoms with Gasteiger partial charge < -0.3 is 10.1 Å². The van der Waals surface area contributed by atoms with Crippen molar-refractivity contribution in [1.82, 2.24) is 5.32 Å². The van der Waals surface area contributed by atoms with Gasteiger partial charge in [-0.15, -0.1) is 0 Å². The molecule has 0 unspecified atom stereocenters. The van der Waals surface area contributed by atoms with Gasteiger partial charge >= 0.3 is 5.97 Å². The molecule has 4 heteroatoms. The molecule has 0 aliphatic carbocycles. The first-order valence-corrected chi connectivity index (χ1v) is 5.22. The first-order chi connectivity index (χ1) is 7.68. The summed E-state index contributed by atoms with van der Waals surface area (Å²) >= 11 is 0. The van der Waals surface area contributed by atoms with E-state index in [0.29, 0.717) is 12.1 Å². The summed E-state index contributed by atoms with van der Waals surface area (Å²) in [6.45, 7) is 2.33. The van der Waals surface area contributed by atoms with Crippen LogP contribution in [0, 0.1) is 5.92 Å². The van der Waals surface area contributed by atoms with Crippen molar-refractivity contribution in [3.05, 3.63) is 35.9 Å². The number of carbonyl (C=O) groups is 2. The number of nitrogens with one attached hydrogen (secondary N) is 1. The molecule has 1 N–H and O–H groups in total. The summed E-state index contributed by atoms with van der Waals surface area (Å²) in [7, 11) is 0. The van der Waals surface area contributed by atoms with Crippen LogP contribution in [0.3, 0.4) is 0 Å². The number of hydrogen-bond acceptors (Lipinski definition) is 3. The Morgan fingerprint density at radius 2 is 2.12 bits per heavy atom. The van der Waals surface area contributed by atoms with Crippen molar-refractivity contribution in [2.75, 3.05) is 6.54 Å². The summed E-state index contributed by atoms with van der Waals surface area (Å²) in [5.41, 5.74) is 0.508. The van der Waals surface area contributed by atoms with Crippen LogP contribution >= 0.6 is 0 Å². The van der Waals surface area contributed by atoms with E-state index in [-0.39, 0.29) is 23.9 Å². The van der Waals surface area contributed by atoms with Gasteiger partial charge in [-0.2, -0.15) is 0 Å². The molecule has 1 fully saturated rings. The number of ether oxygens (including phenoxy) is 1. The van der Waals surface area contributed by atoms with Crippen molar-refractivity contribution in [3.8, 4) is 0 Å². The molecule has 2 rings (SSSR count). The highest BCUT2D eigenvalue weighted by molar-refractivity contribution is 5.90. The van der Waals surface area contributed by atoms with Crippen LogP contribution in [-0.2, 0) is 9.53 Å². The maximum Gasteiger partial charge on any atom is 0.338 e. The summed E-state index contributed by atoms with van der Waals surface area (Å²) in [4.78, 5) is 22.7. The summed E-state index contributed by atoms with van der Waals surface area (Å²) in [6.07, 6.45) is -0.374. The topological polar surface area (TPSA) is 55.4 Å². The van der Waals surface area contributed by atoms with E-state index in [1.165, 1.54) is 0 Å². The Hall–Kier alpha value is -1.84. The second-order valence-corrected chi connectivity index (χ2v) is 3.83. The molecule has 1 aromatic rings. The number of hydrogen-bond donors (Lipinski definition) is 1. The summed E-state index contributed by atoms with van der Waals surface area (Å²) in [5.74, 6) is -0.631. The molecule has 4 nitrogen and oxygen atoms in total. The average Bonchev–Trinajstić information content (AvgIpc) is 2.28. The molecule has 0 radical (unpaired) electrons. The van der Waals surface area contributed by atoms with Gasteiger partial charge in [0.15, 0.2) is 0 Å². The lowest BCUT2D eigenvalue weighted by Crippen LogP contribution is -2.54. The van der Waals surface area contributed by atoms with Gasteiger partial charge in [-0.1, -0.05) is 18.2 Å². The first kappa shape index (κ1) is 10.7. The zero-order chi connectivity index (χ0) is 11.5. The lowest BCUT2D eigenvalue weighted by atomic mass is 9.96. The highest BCUT2D eigenvalue weighted by atomic mass is 16.5. The van der Waals surface area contributed by atoms with Gasteiger partial charge in [-0.25, -0.2) is 4.79 Å². The zero-order valence-electron chi connectivity index (χ0n) is 8.97. The van der Waals surface area contributed by atoms with Crippen molar-refractivity contribution in [1.29, 1.82) is 0 Å². The average molecular weight is 219 g/mol. The first-order valence-electron chi connectivity index (χ1n) is 5.22. The molecule has 0 aromatic heterocycles. The lowest BCUT2D eigenvalue weighted by molar-refractivity contribution is -0.135. The quantitative estimate of drug-likeness (QED) is 0.609. The highest BCUT2D eigenvalue weighted by Gasteiger charge is 2.35. The number of esters is 1.